The third-order valence-electron chi connectivity index (χ3n) is 15.4. The summed E-state index contributed by atoms with van der Waals surface area (Å²) in [6.45, 7) is 0. The van der Waals surface area contributed by atoms with E-state index in [1.165, 1.54) is 114 Å². The Morgan fingerprint density at radius 2 is 0.833 bits per heavy atom. The third kappa shape index (κ3) is 6.07. The fourth-order valence-electron chi connectivity index (χ4n) is 12.7. The molecule has 10 aromatic rings. The quantitative estimate of drug-likeness (QED) is 0.147. The Morgan fingerprint density at radius 1 is 0.348 bits per heavy atom. The zero-order chi connectivity index (χ0) is 43.6. The van der Waals surface area contributed by atoms with Gasteiger partial charge in [0.15, 0.2) is 0 Å². The van der Waals surface area contributed by atoms with Crippen LogP contribution in [0.15, 0.2) is 237 Å². The van der Waals surface area contributed by atoms with Crippen molar-refractivity contribution in [3.05, 3.63) is 248 Å². The van der Waals surface area contributed by atoms with Crippen LogP contribution in [0.5, 0.6) is 0 Å². The van der Waals surface area contributed by atoms with Gasteiger partial charge in [-0.1, -0.05) is 219 Å². The zero-order valence-corrected chi connectivity index (χ0v) is 36.9. The van der Waals surface area contributed by atoms with Crippen LogP contribution in [0.1, 0.15) is 36.8 Å². The molecule has 0 amide bonds. The molecule has 2 saturated carbocycles. The number of hydrogen-bond donors (Lipinski definition) is 0. The molecule has 3 atom stereocenters. The maximum Gasteiger partial charge on any atom is 0.0540 e. The van der Waals surface area contributed by atoms with Gasteiger partial charge in [0.1, 0.15) is 0 Å². The summed E-state index contributed by atoms with van der Waals surface area (Å²) in [5, 5.41) is 2.50. The van der Waals surface area contributed by atoms with Crippen molar-refractivity contribution in [3.63, 3.8) is 0 Å². The summed E-state index contributed by atoms with van der Waals surface area (Å²) in [5.41, 5.74) is 21.6. The van der Waals surface area contributed by atoms with Crippen LogP contribution in [0.4, 0.5) is 17.1 Å². The first-order chi connectivity index (χ1) is 32.7. The lowest BCUT2D eigenvalue weighted by atomic mass is 9.67. The Kier molecular flexibility index (Phi) is 9.24. The lowest BCUT2D eigenvalue weighted by molar-refractivity contribution is 0.327. The molecule has 314 valence electrons. The highest BCUT2D eigenvalue weighted by Gasteiger charge is 2.56. The second-order valence-electron chi connectivity index (χ2n) is 18.7. The van der Waals surface area contributed by atoms with E-state index in [1.54, 1.807) is 5.56 Å². The summed E-state index contributed by atoms with van der Waals surface area (Å²) in [6, 6.07) is 88.2. The summed E-state index contributed by atoms with van der Waals surface area (Å²) in [7, 11) is 0. The van der Waals surface area contributed by atoms with Gasteiger partial charge < -0.3 is 4.90 Å². The number of benzene rings is 10. The van der Waals surface area contributed by atoms with Gasteiger partial charge in [0.2, 0.25) is 0 Å². The second kappa shape index (κ2) is 15.8. The highest BCUT2D eigenvalue weighted by molar-refractivity contribution is 6.09. The average Bonchev–Trinajstić information content (AvgIpc) is 4.09. The SMILES string of the molecule is c1ccc(-c2ccccc2-c2ccccc2-c2ccccc2N(c2ccc3c(c2)C2(CC4CCC2C4)c2ccccc2-3)c2ccccc2-c2cccc3cccc(-c4ccccc4)c23)cc1. The lowest BCUT2D eigenvalue weighted by Gasteiger charge is -2.37. The number of fused-ring (bicyclic) bond motifs is 9. The smallest absolute Gasteiger partial charge is 0.0540 e. The van der Waals surface area contributed by atoms with Crippen LogP contribution in [0.2, 0.25) is 0 Å². The van der Waals surface area contributed by atoms with Crippen LogP contribution in [0, 0.1) is 11.8 Å². The molecular formula is C65H49N. The van der Waals surface area contributed by atoms with E-state index < -0.39 is 0 Å². The molecule has 0 radical (unpaired) electrons. The van der Waals surface area contributed by atoms with E-state index in [0.29, 0.717) is 5.92 Å². The van der Waals surface area contributed by atoms with Gasteiger partial charge in [0.05, 0.1) is 11.4 Å². The zero-order valence-electron chi connectivity index (χ0n) is 36.9. The fourth-order valence-corrected chi connectivity index (χ4v) is 12.7. The number of para-hydroxylation sites is 2. The molecule has 0 aromatic heterocycles. The predicted octanol–water partition coefficient (Wildman–Crippen LogP) is 17.7. The van der Waals surface area contributed by atoms with Crippen molar-refractivity contribution in [2.24, 2.45) is 11.8 Å². The first-order valence-electron chi connectivity index (χ1n) is 23.8. The molecule has 1 spiro atoms. The average molecular weight is 844 g/mol. The van der Waals surface area contributed by atoms with Crippen LogP contribution in [-0.2, 0) is 5.41 Å². The highest BCUT2D eigenvalue weighted by atomic mass is 15.1. The summed E-state index contributed by atoms with van der Waals surface area (Å²) in [4.78, 5) is 2.60. The molecule has 1 nitrogen and oxygen atoms in total. The molecule has 0 aliphatic heterocycles. The van der Waals surface area contributed by atoms with Crippen molar-refractivity contribution < 1.29 is 0 Å². The van der Waals surface area contributed by atoms with E-state index in [1.807, 2.05) is 0 Å². The molecule has 0 saturated heterocycles. The molecule has 3 aliphatic carbocycles. The number of hydrogen-bond acceptors (Lipinski definition) is 1. The van der Waals surface area contributed by atoms with Gasteiger partial charge >= 0.3 is 0 Å². The first kappa shape index (κ1) is 38.7. The van der Waals surface area contributed by atoms with E-state index in [9.17, 15) is 0 Å². The van der Waals surface area contributed by atoms with Gasteiger partial charge in [0.25, 0.3) is 0 Å². The van der Waals surface area contributed by atoms with Crippen molar-refractivity contribution in [2.45, 2.75) is 31.1 Å². The maximum atomic E-state index is 2.61. The number of rotatable bonds is 8. The Bertz CT molecular complexity index is 3450. The van der Waals surface area contributed by atoms with Gasteiger partial charge in [-0.15, -0.1) is 0 Å². The molecule has 66 heavy (non-hydrogen) atoms. The molecule has 2 bridgehead atoms. The normalized spacial score (nSPS) is 17.8. The van der Waals surface area contributed by atoms with Crippen LogP contribution in [0.3, 0.4) is 0 Å². The molecule has 2 fully saturated rings. The second-order valence-corrected chi connectivity index (χ2v) is 18.7. The Labute approximate surface area is 388 Å². The molecule has 10 aromatic carbocycles. The minimum atomic E-state index is 0.0452. The van der Waals surface area contributed by atoms with Gasteiger partial charge in [0, 0.05) is 22.2 Å². The van der Waals surface area contributed by atoms with Gasteiger partial charge in [-0.2, -0.15) is 0 Å². The van der Waals surface area contributed by atoms with Gasteiger partial charge in [-0.05, 0) is 133 Å². The standard InChI is InChI=1S/C65H49N/c1-3-19-45(20-4-1)50-25-7-8-26-52(50)53-27-9-10-28-54(53)57-30-12-15-35-62(57)66(49-39-40-56-55-29-11-14-34-60(55)65(61(56)42-49)43-44-37-38-48(65)41-44)63-36-16-13-31-58(63)59-33-18-24-47-23-17-32-51(64(47)59)46-21-5-2-6-22-46/h1-36,39-40,42,44,48H,37-38,41,43H2. The van der Waals surface area contributed by atoms with Crippen LogP contribution in [0.25, 0.3) is 77.5 Å². The largest absolute Gasteiger partial charge is 0.309 e. The number of nitrogens with zero attached hydrogens (tertiary/aromatic N) is 1. The molecular weight excluding hydrogens is 795 g/mol. The Balaban J connectivity index is 1.07. The highest BCUT2D eigenvalue weighted by Crippen LogP contribution is 2.66. The first-order valence-corrected chi connectivity index (χ1v) is 23.8. The van der Waals surface area contributed by atoms with Gasteiger partial charge in [-0.25, -0.2) is 0 Å². The molecule has 0 N–H and O–H groups in total. The molecule has 3 unspecified atom stereocenters. The maximum absolute atomic E-state index is 2.61. The van der Waals surface area contributed by atoms with Crippen LogP contribution < -0.4 is 4.90 Å². The van der Waals surface area contributed by atoms with E-state index in [-0.39, 0.29) is 5.41 Å². The Hall–Kier alpha value is -7.74. The van der Waals surface area contributed by atoms with E-state index in [4.69, 9.17) is 0 Å². The topological polar surface area (TPSA) is 3.24 Å². The molecule has 13 rings (SSSR count). The van der Waals surface area contributed by atoms with Crippen molar-refractivity contribution >= 4 is 27.8 Å². The summed E-state index contributed by atoms with van der Waals surface area (Å²) < 4.78 is 0. The summed E-state index contributed by atoms with van der Waals surface area (Å²) in [5.74, 6) is 1.45. The third-order valence-corrected chi connectivity index (χ3v) is 15.4. The van der Waals surface area contributed by atoms with Crippen molar-refractivity contribution in [1.82, 2.24) is 0 Å². The minimum Gasteiger partial charge on any atom is -0.309 e. The fraction of sp³-hybridized carbons (Fsp3) is 0.108. The van der Waals surface area contributed by atoms with E-state index in [0.717, 1.165) is 17.3 Å². The monoisotopic (exact) mass is 843 g/mol. The molecule has 0 heterocycles. The van der Waals surface area contributed by atoms with Crippen molar-refractivity contribution in [3.8, 4) is 66.8 Å². The molecule has 1 heteroatoms. The van der Waals surface area contributed by atoms with E-state index in [2.05, 4.69) is 241 Å². The molecule has 3 aliphatic rings. The summed E-state index contributed by atoms with van der Waals surface area (Å²) in [6.07, 6.45) is 5.24. The predicted molar refractivity (Wildman–Crippen MR) is 277 cm³/mol. The Morgan fingerprint density at radius 3 is 1.47 bits per heavy atom. The number of anilines is 3. The van der Waals surface area contributed by atoms with E-state index >= 15 is 0 Å². The van der Waals surface area contributed by atoms with Crippen molar-refractivity contribution in [1.29, 1.82) is 0 Å². The lowest BCUT2D eigenvalue weighted by Crippen LogP contribution is -2.32. The summed E-state index contributed by atoms with van der Waals surface area (Å²) >= 11 is 0. The van der Waals surface area contributed by atoms with Crippen molar-refractivity contribution in [2.75, 3.05) is 4.90 Å². The minimum absolute atomic E-state index is 0.0452. The van der Waals surface area contributed by atoms with Crippen LogP contribution >= 0.6 is 0 Å². The van der Waals surface area contributed by atoms with Crippen LogP contribution in [-0.4, -0.2) is 0 Å². The van der Waals surface area contributed by atoms with Gasteiger partial charge in [-0.3, -0.25) is 0 Å².